The number of carbonyl (C=O) groups excluding carboxylic acids is 1. The van der Waals surface area contributed by atoms with E-state index in [0.717, 1.165) is 19.3 Å². The minimum atomic E-state index is -0.246. The Hall–Kier alpha value is -1.57. The number of carbonyl (C=O) groups is 1. The summed E-state index contributed by atoms with van der Waals surface area (Å²) < 4.78 is 5.78. The first-order valence-electron chi connectivity index (χ1n) is 8.10. The fourth-order valence-corrected chi connectivity index (χ4v) is 2.34. The summed E-state index contributed by atoms with van der Waals surface area (Å²) in [5, 5.41) is 0. The first-order chi connectivity index (χ1) is 10.3. The molecule has 0 fully saturated rings. The Balaban J connectivity index is 3.08. The van der Waals surface area contributed by atoms with Crippen LogP contribution in [0.5, 0.6) is 0 Å². The van der Waals surface area contributed by atoms with Crippen LogP contribution in [0.15, 0.2) is 47.1 Å². The second-order valence-electron chi connectivity index (χ2n) is 6.83. The van der Waals surface area contributed by atoms with Gasteiger partial charge in [-0.15, -0.1) is 0 Å². The normalized spacial score (nSPS) is 29.4. The molecular formula is C20H30O2. The molecule has 0 aromatic carbocycles. The molecule has 0 amide bonds. The van der Waals surface area contributed by atoms with Crippen LogP contribution in [0.1, 0.15) is 60.8 Å². The van der Waals surface area contributed by atoms with Crippen molar-refractivity contribution in [3.63, 3.8) is 0 Å². The van der Waals surface area contributed by atoms with Crippen molar-refractivity contribution in [3.8, 4) is 0 Å². The standard InChI is InChI=1S/C20H30O2/c1-7-17(4)19(21)22-18-14-16(3)11-8-10-15(2)12-9-13-20(18,5)6/h7,9-10,13-14,18H,8,11-12H2,1-6H3/b13-9+,15-10+,16-14+,17-7-/t18-/m1/s1. The Morgan fingerprint density at radius 2 is 2.00 bits per heavy atom. The topological polar surface area (TPSA) is 26.3 Å². The molecule has 0 aliphatic heterocycles. The number of rotatable bonds is 2. The first-order valence-corrected chi connectivity index (χ1v) is 8.10. The molecule has 0 N–H and O–H groups in total. The maximum Gasteiger partial charge on any atom is 0.333 e. The summed E-state index contributed by atoms with van der Waals surface area (Å²) in [6.07, 6.45) is 13.3. The molecule has 0 saturated carbocycles. The van der Waals surface area contributed by atoms with Crippen LogP contribution in [0.2, 0.25) is 0 Å². The maximum atomic E-state index is 12.2. The first kappa shape index (κ1) is 18.5. The van der Waals surface area contributed by atoms with Crippen LogP contribution in [-0.2, 0) is 9.53 Å². The number of hydrogen-bond acceptors (Lipinski definition) is 2. The predicted molar refractivity (Wildman–Crippen MR) is 93.6 cm³/mol. The second-order valence-corrected chi connectivity index (χ2v) is 6.83. The summed E-state index contributed by atoms with van der Waals surface area (Å²) in [4.78, 5) is 12.2. The van der Waals surface area contributed by atoms with Gasteiger partial charge in [-0.25, -0.2) is 4.79 Å². The quantitative estimate of drug-likeness (QED) is 0.381. The van der Waals surface area contributed by atoms with E-state index in [1.54, 1.807) is 13.0 Å². The van der Waals surface area contributed by atoms with Crippen molar-refractivity contribution in [1.29, 1.82) is 0 Å². The third-order valence-electron chi connectivity index (χ3n) is 4.18. The van der Waals surface area contributed by atoms with Crippen LogP contribution in [0.3, 0.4) is 0 Å². The SMILES string of the molecule is C/C=C(/C)C(=O)O[C@@H]1/C=C(\C)CC/C=C(\C)C/C=C/C1(C)C. The van der Waals surface area contributed by atoms with E-state index < -0.39 is 0 Å². The van der Waals surface area contributed by atoms with E-state index in [4.69, 9.17) is 4.74 Å². The summed E-state index contributed by atoms with van der Waals surface area (Å²) >= 11 is 0. The van der Waals surface area contributed by atoms with Crippen LogP contribution in [0.25, 0.3) is 0 Å². The van der Waals surface area contributed by atoms with Gasteiger partial charge in [-0.3, -0.25) is 0 Å². The smallest absolute Gasteiger partial charge is 0.333 e. The van der Waals surface area contributed by atoms with E-state index >= 15 is 0 Å². The minimum Gasteiger partial charge on any atom is -0.454 e. The van der Waals surface area contributed by atoms with Gasteiger partial charge in [0.1, 0.15) is 6.10 Å². The third-order valence-corrected chi connectivity index (χ3v) is 4.18. The van der Waals surface area contributed by atoms with Gasteiger partial charge in [0.05, 0.1) is 0 Å². The summed E-state index contributed by atoms with van der Waals surface area (Å²) in [7, 11) is 0. The van der Waals surface area contributed by atoms with Crippen molar-refractivity contribution in [3.05, 3.63) is 47.1 Å². The molecule has 0 aromatic heterocycles. The highest BCUT2D eigenvalue weighted by Crippen LogP contribution is 2.29. The van der Waals surface area contributed by atoms with Gasteiger partial charge in [0, 0.05) is 11.0 Å². The molecule has 0 heterocycles. The molecule has 0 unspecified atom stereocenters. The lowest BCUT2D eigenvalue weighted by atomic mass is 9.84. The lowest BCUT2D eigenvalue weighted by Gasteiger charge is -2.30. The Morgan fingerprint density at radius 1 is 1.32 bits per heavy atom. The third kappa shape index (κ3) is 5.67. The molecular weight excluding hydrogens is 272 g/mol. The molecule has 0 radical (unpaired) electrons. The summed E-state index contributed by atoms with van der Waals surface area (Å²) in [5.41, 5.74) is 3.08. The fraction of sp³-hybridized carbons (Fsp3) is 0.550. The lowest BCUT2D eigenvalue weighted by Crippen LogP contribution is -2.31. The molecule has 0 bridgehead atoms. The van der Waals surface area contributed by atoms with Crippen molar-refractivity contribution in [2.24, 2.45) is 5.41 Å². The molecule has 1 rings (SSSR count). The molecule has 2 heteroatoms. The Labute approximate surface area is 135 Å². The Bertz CT molecular complexity index is 516. The van der Waals surface area contributed by atoms with E-state index in [0.29, 0.717) is 5.57 Å². The van der Waals surface area contributed by atoms with Gasteiger partial charge in [-0.05, 0) is 53.0 Å². The molecule has 22 heavy (non-hydrogen) atoms. The number of ether oxygens (including phenoxy) is 1. The fourth-order valence-electron chi connectivity index (χ4n) is 2.34. The highest BCUT2D eigenvalue weighted by atomic mass is 16.5. The highest BCUT2D eigenvalue weighted by molar-refractivity contribution is 5.87. The summed E-state index contributed by atoms with van der Waals surface area (Å²) in [5.74, 6) is -0.234. The zero-order valence-electron chi connectivity index (χ0n) is 14.9. The molecule has 0 aromatic rings. The lowest BCUT2D eigenvalue weighted by molar-refractivity contribution is -0.145. The molecule has 122 valence electrons. The van der Waals surface area contributed by atoms with Crippen molar-refractivity contribution < 1.29 is 9.53 Å². The van der Waals surface area contributed by atoms with Crippen molar-refractivity contribution in [2.75, 3.05) is 0 Å². The van der Waals surface area contributed by atoms with E-state index in [-0.39, 0.29) is 17.5 Å². The average molecular weight is 302 g/mol. The second kappa shape index (κ2) is 8.17. The van der Waals surface area contributed by atoms with Crippen LogP contribution in [0.4, 0.5) is 0 Å². The van der Waals surface area contributed by atoms with Gasteiger partial charge in [0.15, 0.2) is 0 Å². The molecule has 0 saturated heterocycles. The number of allylic oxidation sites excluding steroid dienone is 5. The van der Waals surface area contributed by atoms with Crippen molar-refractivity contribution in [2.45, 2.75) is 66.9 Å². The highest BCUT2D eigenvalue weighted by Gasteiger charge is 2.29. The van der Waals surface area contributed by atoms with Crippen molar-refractivity contribution >= 4 is 5.97 Å². The van der Waals surface area contributed by atoms with Gasteiger partial charge in [-0.2, -0.15) is 0 Å². The summed E-state index contributed by atoms with van der Waals surface area (Å²) in [6.45, 7) is 12.2. The van der Waals surface area contributed by atoms with Crippen LogP contribution < -0.4 is 0 Å². The monoisotopic (exact) mass is 302 g/mol. The molecule has 1 atom stereocenters. The average Bonchev–Trinajstić information content (AvgIpc) is 2.46. The maximum absolute atomic E-state index is 12.2. The molecule has 1 aliphatic rings. The number of hydrogen-bond donors (Lipinski definition) is 0. The molecule has 1 aliphatic carbocycles. The van der Waals surface area contributed by atoms with E-state index in [1.165, 1.54) is 11.1 Å². The number of esters is 1. The Kier molecular flexibility index (Phi) is 6.86. The van der Waals surface area contributed by atoms with E-state index in [1.807, 2.05) is 6.92 Å². The minimum absolute atomic E-state index is 0.227. The van der Waals surface area contributed by atoms with Crippen molar-refractivity contribution in [1.82, 2.24) is 0 Å². The zero-order chi connectivity index (χ0) is 16.8. The van der Waals surface area contributed by atoms with Gasteiger partial charge >= 0.3 is 5.97 Å². The van der Waals surface area contributed by atoms with Gasteiger partial charge in [-0.1, -0.05) is 49.3 Å². The zero-order valence-corrected chi connectivity index (χ0v) is 14.9. The van der Waals surface area contributed by atoms with Gasteiger partial charge < -0.3 is 4.74 Å². The van der Waals surface area contributed by atoms with E-state index in [2.05, 4.69) is 52.0 Å². The largest absolute Gasteiger partial charge is 0.454 e. The molecule has 2 nitrogen and oxygen atoms in total. The summed E-state index contributed by atoms with van der Waals surface area (Å²) in [6, 6.07) is 0. The van der Waals surface area contributed by atoms with Gasteiger partial charge in [0.25, 0.3) is 0 Å². The van der Waals surface area contributed by atoms with Crippen LogP contribution >= 0.6 is 0 Å². The van der Waals surface area contributed by atoms with Crippen LogP contribution in [-0.4, -0.2) is 12.1 Å². The predicted octanol–water partition coefficient (Wildman–Crippen LogP) is 5.52. The molecule has 0 spiro atoms. The van der Waals surface area contributed by atoms with E-state index in [9.17, 15) is 4.79 Å². The van der Waals surface area contributed by atoms with Gasteiger partial charge in [0.2, 0.25) is 0 Å². The Morgan fingerprint density at radius 3 is 2.64 bits per heavy atom. The van der Waals surface area contributed by atoms with Crippen LogP contribution in [0, 0.1) is 5.41 Å².